The van der Waals surface area contributed by atoms with Crippen LogP contribution in [0.5, 0.6) is 0 Å². The summed E-state index contributed by atoms with van der Waals surface area (Å²) in [5, 5.41) is 7.42. The van der Waals surface area contributed by atoms with Crippen molar-refractivity contribution in [3.05, 3.63) is 0 Å². The average molecular weight is 282 g/mol. The summed E-state index contributed by atoms with van der Waals surface area (Å²) >= 11 is 0. The van der Waals surface area contributed by atoms with Gasteiger partial charge in [-0.25, -0.2) is 0 Å². The smallest absolute Gasteiger partial charge is 0.300 e. The monoisotopic (exact) mass is 284 g/mol. The molecular weight excluding hydrogens is 270 g/mol. The van der Waals surface area contributed by atoms with Crippen molar-refractivity contribution in [2.75, 3.05) is 0 Å². The van der Waals surface area contributed by atoms with E-state index in [-0.39, 0.29) is 62.3 Å². The van der Waals surface area contributed by atoms with E-state index in [1.165, 1.54) is 0 Å². The molecule has 0 spiro atoms. The van der Waals surface area contributed by atoms with Crippen LogP contribution in [-0.4, -0.2) is 33.0 Å². The third kappa shape index (κ3) is 911. The van der Waals surface area contributed by atoms with E-state index < -0.39 is 5.97 Å². The van der Waals surface area contributed by atoms with E-state index in [1.54, 1.807) is 0 Å². The van der Waals surface area contributed by atoms with Gasteiger partial charge in [0.1, 0.15) is 0 Å². The van der Waals surface area contributed by atoms with Gasteiger partial charge in [-0.05, 0) is 0 Å². The molecule has 0 aliphatic rings. The van der Waals surface area contributed by atoms with Crippen molar-refractivity contribution in [2.24, 2.45) is 0 Å². The van der Waals surface area contributed by atoms with Crippen molar-refractivity contribution in [1.82, 2.24) is 0 Å². The molecule has 0 aromatic carbocycles. The zero-order valence-corrected chi connectivity index (χ0v) is 7.38. The molecule has 0 saturated heterocycles. The number of hydrogen-bond donors (Lipinski definition) is 1. The van der Waals surface area contributed by atoms with Crippen molar-refractivity contribution in [3.8, 4) is 0 Å². The van der Waals surface area contributed by atoms with Crippen LogP contribution in [0.3, 0.4) is 0 Å². The first kappa shape index (κ1) is 54.2. The predicted molar refractivity (Wildman–Crippen MR) is 27.8 cm³/mol. The average Bonchev–Trinajstić information content (AvgIpc) is 0.811. The Bertz CT molecular complexity index is 34.0. The van der Waals surface area contributed by atoms with Gasteiger partial charge in [0.05, 0.1) is 0 Å². The fourth-order valence-corrected chi connectivity index (χ4v) is 0. The van der Waals surface area contributed by atoms with Crippen molar-refractivity contribution in [2.45, 2.75) is 6.92 Å². The molecule has 0 aliphatic carbocycles. The van der Waals surface area contributed by atoms with E-state index in [1.807, 2.05) is 0 Å². The Labute approximate surface area is 84.6 Å². The van der Waals surface area contributed by atoms with E-state index in [9.17, 15) is 0 Å². The van der Waals surface area contributed by atoms with Crippen molar-refractivity contribution >= 4 is 5.97 Å². The molecule has 0 unspecified atom stereocenters. The van der Waals surface area contributed by atoms with Crippen LogP contribution in [0.4, 0.5) is 0 Å². The van der Waals surface area contributed by atoms with Gasteiger partial charge in [0, 0.05) is 47.3 Å². The van der Waals surface area contributed by atoms with E-state index in [2.05, 4.69) is 0 Å². The third-order valence-corrected chi connectivity index (χ3v) is 0. The molecule has 9 N–H and O–H groups in total. The Balaban J connectivity index is -0.00000000450. The molecule has 0 saturated carbocycles. The second kappa shape index (κ2) is 38.0. The number of rotatable bonds is 0. The maximum absolute atomic E-state index is 9.00. The molecule has 9 heavy (non-hydrogen) atoms. The van der Waals surface area contributed by atoms with Crippen LogP contribution in [0, 0.1) is 40.4 Å². The zero-order valence-electron chi connectivity index (χ0n) is 4.76. The molecule has 0 aromatic rings. The topological polar surface area (TPSA) is 163 Å². The van der Waals surface area contributed by atoms with Gasteiger partial charge in [-0.1, -0.05) is 0 Å². The number of carbonyl (C=O) groups is 1. The molecule has 0 rings (SSSR count). The molecular formula is C2H12O6Sm. The Morgan fingerprint density at radius 1 is 1.11 bits per heavy atom. The molecule has 62 valence electrons. The van der Waals surface area contributed by atoms with E-state index in [4.69, 9.17) is 9.90 Å². The van der Waals surface area contributed by atoms with Crippen molar-refractivity contribution in [3.63, 3.8) is 0 Å². The maximum Gasteiger partial charge on any atom is 0.300 e. The van der Waals surface area contributed by atoms with Crippen molar-refractivity contribution in [1.29, 1.82) is 0 Å². The summed E-state index contributed by atoms with van der Waals surface area (Å²) in [7, 11) is 0. The summed E-state index contributed by atoms with van der Waals surface area (Å²) in [5.41, 5.74) is 0. The van der Waals surface area contributed by atoms with Crippen LogP contribution in [0.25, 0.3) is 0 Å². The van der Waals surface area contributed by atoms with Crippen LogP contribution in [0.2, 0.25) is 0 Å². The first-order valence-electron chi connectivity index (χ1n) is 0.928. The van der Waals surface area contributed by atoms with Crippen LogP contribution >= 0.6 is 0 Å². The second-order valence-electron chi connectivity index (χ2n) is 0.519. The Kier molecular flexibility index (Phi) is 229. The fraction of sp³-hybridized carbons (Fsp3) is 0.500. The summed E-state index contributed by atoms with van der Waals surface area (Å²) in [5.74, 6) is -0.833. The van der Waals surface area contributed by atoms with Gasteiger partial charge in [-0.2, -0.15) is 0 Å². The minimum atomic E-state index is -0.833. The molecule has 0 aliphatic heterocycles. The van der Waals surface area contributed by atoms with Crippen LogP contribution in [0.1, 0.15) is 6.92 Å². The maximum atomic E-state index is 9.00. The van der Waals surface area contributed by atoms with E-state index >= 15 is 0 Å². The quantitative estimate of drug-likeness (QED) is 0.495. The van der Waals surface area contributed by atoms with Gasteiger partial charge in [0.2, 0.25) is 0 Å². The summed E-state index contributed by atoms with van der Waals surface area (Å²) in [6.07, 6.45) is 0. The van der Waals surface area contributed by atoms with Crippen molar-refractivity contribution < 1.29 is 72.2 Å². The Morgan fingerprint density at radius 3 is 1.11 bits per heavy atom. The SMILES string of the molecule is CC(=O)O.O.O.O.O.[Sm]. The van der Waals surface area contributed by atoms with Crippen LogP contribution in [0.15, 0.2) is 0 Å². The van der Waals surface area contributed by atoms with E-state index in [0.717, 1.165) is 6.92 Å². The van der Waals surface area contributed by atoms with Gasteiger partial charge >= 0.3 is 0 Å². The predicted octanol–water partition coefficient (Wildman–Crippen LogP) is -3.21. The Morgan fingerprint density at radius 2 is 1.11 bits per heavy atom. The molecule has 0 atom stereocenters. The molecule has 0 amide bonds. The third-order valence-electron chi connectivity index (χ3n) is 0. The molecule has 0 heterocycles. The summed E-state index contributed by atoms with van der Waals surface area (Å²) in [4.78, 5) is 9.00. The normalized spacial score (nSPS) is 2.78. The molecule has 0 aromatic heterocycles. The van der Waals surface area contributed by atoms with Gasteiger partial charge in [-0.3, -0.25) is 4.79 Å². The fourth-order valence-electron chi connectivity index (χ4n) is 0. The Hall–Kier alpha value is 0.648. The second-order valence-corrected chi connectivity index (χ2v) is 0.519. The molecule has 0 radical (unpaired) electrons. The number of hydrogen-bond acceptors (Lipinski definition) is 1. The van der Waals surface area contributed by atoms with Gasteiger partial charge < -0.3 is 27.0 Å². The van der Waals surface area contributed by atoms with Gasteiger partial charge in [0.25, 0.3) is 5.97 Å². The zero-order chi connectivity index (χ0) is 3.58. The summed E-state index contributed by atoms with van der Waals surface area (Å²) in [6.45, 7) is 1.08. The number of carboxylic acids is 1. The van der Waals surface area contributed by atoms with Crippen LogP contribution in [-0.2, 0) is 4.79 Å². The summed E-state index contributed by atoms with van der Waals surface area (Å²) in [6, 6.07) is 0. The van der Waals surface area contributed by atoms with Gasteiger partial charge in [-0.15, -0.1) is 0 Å². The largest absolute Gasteiger partial charge is 0.481 e. The molecule has 6 nitrogen and oxygen atoms in total. The number of carboxylic acid groups (broad SMARTS) is 1. The first-order valence-corrected chi connectivity index (χ1v) is 0.928. The number of aliphatic carboxylic acids is 1. The van der Waals surface area contributed by atoms with Crippen LogP contribution < -0.4 is 0 Å². The molecule has 0 bridgehead atoms. The minimum Gasteiger partial charge on any atom is -0.481 e. The molecule has 7 heteroatoms. The first-order chi connectivity index (χ1) is 1.73. The van der Waals surface area contributed by atoms with E-state index in [0.29, 0.717) is 0 Å². The standard InChI is InChI=1S/C2H4O2.4H2O.Sm/c1-2(3)4;;;;;/h1H3,(H,3,4);4*1H2;. The molecule has 0 fully saturated rings. The van der Waals surface area contributed by atoms with Gasteiger partial charge in [0.15, 0.2) is 0 Å². The minimum absolute atomic E-state index is 0. The summed E-state index contributed by atoms with van der Waals surface area (Å²) < 4.78 is 0.